The third kappa shape index (κ3) is 5.15. The number of aromatic amines is 1. The van der Waals surface area contributed by atoms with Gasteiger partial charge in [0, 0.05) is 30.0 Å². The number of hydrogen-bond acceptors (Lipinski definition) is 4. The molecule has 6 heteroatoms. The molecule has 0 unspecified atom stereocenters. The van der Waals surface area contributed by atoms with Gasteiger partial charge in [0.15, 0.2) is 5.65 Å². The molecule has 2 heterocycles. The number of fused-ring (bicyclic) bond motifs is 1. The Balaban J connectivity index is 2.14. The molecular formula is C27H39N5O. The molecule has 0 aliphatic carbocycles. The lowest BCUT2D eigenvalue weighted by atomic mass is 10.1. The predicted octanol–water partition coefficient (Wildman–Crippen LogP) is 6.25. The van der Waals surface area contributed by atoms with Gasteiger partial charge in [-0.05, 0) is 76.8 Å². The fourth-order valence-electron chi connectivity index (χ4n) is 4.34. The molecule has 0 radical (unpaired) electrons. The first-order chi connectivity index (χ1) is 16.0. The molecule has 0 spiro atoms. The predicted molar refractivity (Wildman–Crippen MR) is 141 cm³/mol. The van der Waals surface area contributed by atoms with E-state index in [2.05, 4.69) is 68.1 Å². The monoisotopic (exact) mass is 449 g/mol. The van der Waals surface area contributed by atoms with E-state index in [4.69, 9.17) is 4.98 Å². The minimum absolute atomic E-state index is 0.0179. The molecule has 0 fully saturated rings. The van der Waals surface area contributed by atoms with Gasteiger partial charge in [0.1, 0.15) is 5.69 Å². The van der Waals surface area contributed by atoms with E-state index in [9.17, 15) is 4.79 Å². The average Bonchev–Trinajstić information content (AvgIpc) is 3.14. The van der Waals surface area contributed by atoms with Crippen molar-refractivity contribution in [3.05, 3.63) is 57.1 Å². The molecule has 2 N–H and O–H groups in total. The topological polar surface area (TPSA) is 65.4 Å². The minimum Gasteiger partial charge on any atom is -0.372 e. The Kier molecular flexibility index (Phi) is 8.37. The van der Waals surface area contributed by atoms with Crippen LogP contribution in [0.15, 0.2) is 29.1 Å². The second-order valence-electron chi connectivity index (χ2n) is 8.55. The van der Waals surface area contributed by atoms with E-state index in [-0.39, 0.29) is 5.56 Å². The van der Waals surface area contributed by atoms with Crippen molar-refractivity contribution in [2.75, 3.05) is 23.3 Å². The molecule has 0 aliphatic heterocycles. The van der Waals surface area contributed by atoms with Crippen molar-refractivity contribution in [2.45, 2.75) is 73.6 Å². The summed E-state index contributed by atoms with van der Waals surface area (Å²) in [6.07, 6.45) is 8.55. The number of nitrogens with zero attached hydrogens (tertiary/aromatic N) is 3. The van der Waals surface area contributed by atoms with Crippen molar-refractivity contribution in [2.24, 2.45) is 0 Å². The lowest BCUT2D eigenvalue weighted by molar-refractivity contribution is 0.739. The van der Waals surface area contributed by atoms with E-state index in [1.807, 2.05) is 19.1 Å². The van der Waals surface area contributed by atoms with Gasteiger partial charge in [0.2, 0.25) is 0 Å². The molecule has 0 amide bonds. The van der Waals surface area contributed by atoms with Gasteiger partial charge in [0.05, 0.1) is 11.4 Å². The van der Waals surface area contributed by atoms with Gasteiger partial charge in [-0.15, -0.1) is 0 Å². The van der Waals surface area contributed by atoms with Gasteiger partial charge in [-0.1, -0.05) is 32.8 Å². The Bertz CT molecular complexity index is 1170. The lowest BCUT2D eigenvalue weighted by Crippen LogP contribution is -2.23. The summed E-state index contributed by atoms with van der Waals surface area (Å²) in [7, 11) is 0. The maximum absolute atomic E-state index is 13.4. The highest BCUT2D eigenvalue weighted by molar-refractivity contribution is 5.83. The molecule has 1 aromatic carbocycles. The largest absolute Gasteiger partial charge is 0.372 e. The number of anilines is 3. The summed E-state index contributed by atoms with van der Waals surface area (Å²) in [4.78, 5) is 20.8. The number of aromatic nitrogens is 3. The van der Waals surface area contributed by atoms with E-state index in [1.54, 1.807) is 4.52 Å². The van der Waals surface area contributed by atoms with Crippen molar-refractivity contribution >= 4 is 28.8 Å². The summed E-state index contributed by atoms with van der Waals surface area (Å²) in [5.74, 6) is 0. The van der Waals surface area contributed by atoms with Crippen LogP contribution < -0.4 is 15.8 Å². The van der Waals surface area contributed by atoms with Crippen LogP contribution >= 0.6 is 0 Å². The van der Waals surface area contributed by atoms with Crippen LogP contribution in [0.1, 0.15) is 76.4 Å². The fraction of sp³-hybridized carbons (Fsp3) is 0.481. The summed E-state index contributed by atoms with van der Waals surface area (Å²) < 4.78 is 1.61. The summed E-state index contributed by atoms with van der Waals surface area (Å²) >= 11 is 0. The smallest absolute Gasteiger partial charge is 0.276 e. The van der Waals surface area contributed by atoms with Crippen molar-refractivity contribution in [1.82, 2.24) is 14.6 Å². The number of allylic oxidation sites excluding steroid dienone is 1. The molecule has 3 rings (SSSR count). The molecule has 0 aliphatic rings. The van der Waals surface area contributed by atoms with Gasteiger partial charge in [-0.2, -0.15) is 4.52 Å². The zero-order valence-corrected chi connectivity index (χ0v) is 21.1. The van der Waals surface area contributed by atoms with Gasteiger partial charge >= 0.3 is 0 Å². The molecule has 2 aromatic heterocycles. The highest BCUT2D eigenvalue weighted by atomic mass is 16.1. The lowest BCUT2D eigenvalue weighted by Gasteiger charge is -2.22. The normalized spacial score (nSPS) is 11.6. The number of aryl methyl sites for hydroxylation is 2. The molecule has 0 bridgehead atoms. The van der Waals surface area contributed by atoms with Crippen LogP contribution in [0.5, 0.6) is 0 Å². The molecule has 0 saturated carbocycles. The zero-order valence-electron chi connectivity index (χ0n) is 21.1. The van der Waals surface area contributed by atoms with Crippen LogP contribution in [0.4, 0.5) is 17.1 Å². The van der Waals surface area contributed by atoms with Gasteiger partial charge in [0.25, 0.3) is 5.56 Å². The summed E-state index contributed by atoms with van der Waals surface area (Å²) in [6.45, 7) is 14.7. The molecular weight excluding hydrogens is 410 g/mol. The summed E-state index contributed by atoms with van der Waals surface area (Å²) in [6, 6.07) is 6.48. The Morgan fingerprint density at radius 1 is 1.12 bits per heavy atom. The molecule has 0 atom stereocenters. The summed E-state index contributed by atoms with van der Waals surface area (Å²) in [5, 5.41) is 6.88. The molecule has 178 valence electrons. The fourth-order valence-corrected chi connectivity index (χ4v) is 4.34. The van der Waals surface area contributed by atoms with Crippen molar-refractivity contribution in [3.8, 4) is 0 Å². The van der Waals surface area contributed by atoms with Crippen LogP contribution in [-0.4, -0.2) is 27.7 Å². The standard InChI is InChI=1S/C27H39N5O/c1-7-12-15-21-23(13-8-2)29-26-25(24(14-9-3)30-32(26)27(21)33)28-22-17-16-20(18-19(22)6)31(10-4)11-5/h9,14,16-18,28,30H,7-8,10-13,15H2,1-6H3. The second kappa shape index (κ2) is 11.2. The number of nitrogens with one attached hydrogen (secondary N) is 2. The Hall–Kier alpha value is -3.02. The Labute approximate surface area is 197 Å². The van der Waals surface area contributed by atoms with Crippen molar-refractivity contribution in [1.29, 1.82) is 0 Å². The van der Waals surface area contributed by atoms with Crippen LogP contribution in [0.25, 0.3) is 11.7 Å². The minimum atomic E-state index is 0.0179. The first-order valence-corrected chi connectivity index (χ1v) is 12.4. The van der Waals surface area contributed by atoms with E-state index >= 15 is 0 Å². The maximum Gasteiger partial charge on any atom is 0.276 e. The zero-order chi connectivity index (χ0) is 24.0. The van der Waals surface area contributed by atoms with E-state index < -0.39 is 0 Å². The van der Waals surface area contributed by atoms with Gasteiger partial charge in [-0.3, -0.25) is 9.89 Å². The summed E-state index contributed by atoms with van der Waals surface area (Å²) in [5.41, 5.74) is 7.52. The number of rotatable bonds is 11. The number of benzene rings is 1. The highest BCUT2D eigenvalue weighted by Crippen LogP contribution is 2.30. The average molecular weight is 450 g/mol. The van der Waals surface area contributed by atoms with Crippen LogP contribution in [0.2, 0.25) is 0 Å². The van der Waals surface area contributed by atoms with Gasteiger partial charge < -0.3 is 10.2 Å². The SMILES string of the molecule is CC=Cc1[nH]n2c(=O)c(CCCC)c(CCC)nc2c1Nc1ccc(N(CC)CC)cc1C. The molecule has 3 aromatic rings. The molecule has 33 heavy (non-hydrogen) atoms. The van der Waals surface area contributed by atoms with E-state index in [0.29, 0.717) is 5.65 Å². The van der Waals surface area contributed by atoms with Crippen LogP contribution in [0.3, 0.4) is 0 Å². The third-order valence-electron chi connectivity index (χ3n) is 6.19. The van der Waals surface area contributed by atoms with Crippen molar-refractivity contribution in [3.63, 3.8) is 0 Å². The highest BCUT2D eigenvalue weighted by Gasteiger charge is 2.19. The van der Waals surface area contributed by atoms with E-state index in [0.717, 1.165) is 79.1 Å². The first-order valence-electron chi connectivity index (χ1n) is 12.4. The second-order valence-corrected chi connectivity index (χ2v) is 8.55. The first kappa shape index (κ1) is 24.6. The van der Waals surface area contributed by atoms with Crippen molar-refractivity contribution < 1.29 is 0 Å². The van der Waals surface area contributed by atoms with Crippen LogP contribution in [-0.2, 0) is 12.8 Å². The molecule has 6 nitrogen and oxygen atoms in total. The Morgan fingerprint density at radius 2 is 1.88 bits per heavy atom. The third-order valence-corrected chi connectivity index (χ3v) is 6.19. The number of hydrogen-bond donors (Lipinski definition) is 2. The Morgan fingerprint density at radius 3 is 2.48 bits per heavy atom. The maximum atomic E-state index is 13.4. The van der Waals surface area contributed by atoms with Crippen LogP contribution in [0, 0.1) is 6.92 Å². The van der Waals surface area contributed by atoms with Gasteiger partial charge in [-0.25, -0.2) is 4.98 Å². The number of unbranched alkanes of at least 4 members (excludes halogenated alkanes) is 1. The molecule has 0 saturated heterocycles. The quantitative estimate of drug-likeness (QED) is 0.363. The van der Waals surface area contributed by atoms with E-state index in [1.165, 1.54) is 5.69 Å². The number of H-pyrrole nitrogens is 1.